The van der Waals surface area contributed by atoms with E-state index in [2.05, 4.69) is 4.72 Å². The van der Waals surface area contributed by atoms with Gasteiger partial charge in [0.15, 0.2) is 0 Å². The predicted molar refractivity (Wildman–Crippen MR) is 63.3 cm³/mol. The molecule has 0 spiro atoms. The molecule has 0 aromatic carbocycles. The van der Waals surface area contributed by atoms with Crippen molar-refractivity contribution in [3.63, 3.8) is 0 Å². The fourth-order valence-electron chi connectivity index (χ4n) is 1.97. The summed E-state index contributed by atoms with van der Waals surface area (Å²) in [5, 5.41) is 0. The van der Waals surface area contributed by atoms with Gasteiger partial charge in [-0.1, -0.05) is 13.8 Å². The summed E-state index contributed by atoms with van der Waals surface area (Å²) in [5.74, 6) is 0. The van der Waals surface area contributed by atoms with Gasteiger partial charge in [-0.25, -0.2) is 0 Å². The van der Waals surface area contributed by atoms with Crippen LogP contribution in [0.3, 0.4) is 0 Å². The summed E-state index contributed by atoms with van der Waals surface area (Å²) >= 11 is 0. The van der Waals surface area contributed by atoms with E-state index >= 15 is 0 Å². The second kappa shape index (κ2) is 3.94. The van der Waals surface area contributed by atoms with Crippen molar-refractivity contribution < 1.29 is 13.2 Å². The van der Waals surface area contributed by atoms with E-state index in [4.69, 9.17) is 4.74 Å². The lowest BCUT2D eigenvalue weighted by Gasteiger charge is -2.59. The number of ether oxygens (including phenoxy) is 1. The molecule has 1 aliphatic rings. The maximum atomic E-state index is 11.7. The van der Waals surface area contributed by atoms with E-state index in [0.717, 1.165) is 0 Å². The average molecular weight is 250 g/mol. The molecular weight excluding hydrogens is 228 g/mol. The maximum absolute atomic E-state index is 11.7. The lowest BCUT2D eigenvalue weighted by Crippen LogP contribution is -2.69. The van der Waals surface area contributed by atoms with Gasteiger partial charge >= 0.3 is 0 Å². The Kier molecular flexibility index (Phi) is 3.42. The Labute approximate surface area is 98.3 Å². The molecule has 2 atom stereocenters. The number of nitrogens with one attached hydrogen (secondary N) is 1. The SMILES string of the molecule is CO[C@]1(C)C[C@H](NS(=O)(=O)N(C)C)C1(C)C. The average Bonchev–Trinajstić information content (AvgIpc) is 2.16. The van der Waals surface area contributed by atoms with E-state index < -0.39 is 10.2 Å². The molecule has 0 amide bonds. The fraction of sp³-hybridized carbons (Fsp3) is 1.00. The summed E-state index contributed by atoms with van der Waals surface area (Å²) in [7, 11) is 1.34. The van der Waals surface area contributed by atoms with Gasteiger partial charge in [0.05, 0.1) is 5.60 Å². The van der Waals surface area contributed by atoms with E-state index in [1.807, 2.05) is 20.8 Å². The lowest BCUT2D eigenvalue weighted by atomic mass is 9.56. The first-order valence-electron chi connectivity index (χ1n) is 5.32. The minimum absolute atomic E-state index is 0.0788. The van der Waals surface area contributed by atoms with Crippen LogP contribution in [0.5, 0.6) is 0 Å². The molecule has 5 nitrogen and oxygen atoms in total. The van der Waals surface area contributed by atoms with Gasteiger partial charge < -0.3 is 4.74 Å². The van der Waals surface area contributed by atoms with Crippen LogP contribution in [0.2, 0.25) is 0 Å². The quantitative estimate of drug-likeness (QED) is 0.794. The largest absolute Gasteiger partial charge is 0.378 e. The highest BCUT2D eigenvalue weighted by molar-refractivity contribution is 7.87. The van der Waals surface area contributed by atoms with Gasteiger partial charge in [-0.05, 0) is 13.3 Å². The van der Waals surface area contributed by atoms with Gasteiger partial charge in [0.2, 0.25) is 0 Å². The molecule has 0 aromatic heterocycles. The summed E-state index contributed by atoms with van der Waals surface area (Å²) < 4.78 is 32.7. The Hall–Kier alpha value is -0.170. The first kappa shape index (κ1) is 13.9. The standard InChI is InChI=1S/C10H22N2O3S/c1-9(2)8(7-10(9,3)15-6)11-16(13,14)12(4)5/h8,11H,7H2,1-6H3/t8-,10+/m0/s1. The second-order valence-electron chi connectivity index (χ2n) is 5.32. The number of nitrogens with zero attached hydrogens (tertiary/aromatic N) is 1. The predicted octanol–water partition coefficient (Wildman–Crippen LogP) is 0.586. The Morgan fingerprint density at radius 2 is 1.81 bits per heavy atom. The van der Waals surface area contributed by atoms with Crippen LogP contribution in [-0.2, 0) is 14.9 Å². The van der Waals surface area contributed by atoms with Gasteiger partial charge in [0.1, 0.15) is 0 Å². The molecule has 1 fully saturated rings. The number of rotatable bonds is 4. The van der Waals surface area contributed by atoms with Gasteiger partial charge in [-0.3, -0.25) is 0 Å². The Balaban J connectivity index is 2.76. The zero-order valence-electron chi connectivity index (χ0n) is 10.9. The molecule has 1 saturated carbocycles. The number of methoxy groups -OCH3 is 1. The molecule has 0 bridgehead atoms. The lowest BCUT2D eigenvalue weighted by molar-refractivity contribution is -0.175. The van der Waals surface area contributed by atoms with E-state index in [9.17, 15) is 8.42 Å². The Bertz CT molecular complexity index is 364. The van der Waals surface area contributed by atoms with Crippen LogP contribution < -0.4 is 4.72 Å². The Morgan fingerprint density at radius 3 is 2.12 bits per heavy atom. The molecule has 0 saturated heterocycles. The molecule has 0 unspecified atom stereocenters. The van der Waals surface area contributed by atoms with Crippen molar-refractivity contribution in [1.29, 1.82) is 0 Å². The topological polar surface area (TPSA) is 58.6 Å². The van der Waals surface area contributed by atoms with Gasteiger partial charge in [-0.15, -0.1) is 0 Å². The monoisotopic (exact) mass is 250 g/mol. The van der Waals surface area contributed by atoms with Gasteiger partial charge in [-0.2, -0.15) is 17.4 Å². The molecule has 96 valence electrons. The highest BCUT2D eigenvalue weighted by atomic mass is 32.2. The van der Waals surface area contributed by atoms with E-state index in [-0.39, 0.29) is 17.1 Å². The van der Waals surface area contributed by atoms with Crippen molar-refractivity contribution in [3.8, 4) is 0 Å². The van der Waals surface area contributed by atoms with Crippen LogP contribution in [0.25, 0.3) is 0 Å². The second-order valence-corrected chi connectivity index (χ2v) is 7.23. The molecule has 1 rings (SSSR count). The number of hydrogen-bond donors (Lipinski definition) is 1. The molecule has 16 heavy (non-hydrogen) atoms. The van der Waals surface area contributed by atoms with Crippen molar-refractivity contribution >= 4 is 10.2 Å². The highest BCUT2D eigenvalue weighted by Gasteiger charge is 2.58. The van der Waals surface area contributed by atoms with Crippen molar-refractivity contribution in [1.82, 2.24) is 9.03 Å². The fourth-order valence-corrected chi connectivity index (χ4v) is 2.91. The van der Waals surface area contributed by atoms with Gasteiger partial charge in [0.25, 0.3) is 10.2 Å². The third kappa shape index (κ3) is 1.99. The van der Waals surface area contributed by atoms with Crippen molar-refractivity contribution in [2.24, 2.45) is 5.41 Å². The van der Waals surface area contributed by atoms with Crippen molar-refractivity contribution in [2.45, 2.75) is 38.8 Å². The highest BCUT2D eigenvalue weighted by Crippen LogP contribution is 2.51. The third-order valence-electron chi connectivity index (χ3n) is 4.05. The summed E-state index contributed by atoms with van der Waals surface area (Å²) in [6.07, 6.45) is 0.698. The summed E-state index contributed by atoms with van der Waals surface area (Å²) in [6, 6.07) is -0.0788. The van der Waals surface area contributed by atoms with E-state index in [0.29, 0.717) is 6.42 Å². The normalized spacial score (nSPS) is 33.8. The van der Waals surface area contributed by atoms with Crippen LogP contribution >= 0.6 is 0 Å². The van der Waals surface area contributed by atoms with Crippen LogP contribution in [0.15, 0.2) is 0 Å². The molecule has 1 aliphatic carbocycles. The molecule has 0 radical (unpaired) electrons. The van der Waals surface area contributed by atoms with Crippen LogP contribution in [-0.4, -0.2) is 45.6 Å². The first-order chi connectivity index (χ1) is 7.07. The summed E-state index contributed by atoms with van der Waals surface area (Å²) in [6.45, 7) is 6.04. The van der Waals surface area contributed by atoms with E-state index in [1.165, 1.54) is 18.4 Å². The first-order valence-corrected chi connectivity index (χ1v) is 6.76. The van der Waals surface area contributed by atoms with Crippen molar-refractivity contribution in [2.75, 3.05) is 21.2 Å². The molecule has 1 N–H and O–H groups in total. The molecule has 6 heteroatoms. The van der Waals surface area contributed by atoms with Crippen LogP contribution in [0.1, 0.15) is 27.2 Å². The maximum Gasteiger partial charge on any atom is 0.279 e. The van der Waals surface area contributed by atoms with Crippen LogP contribution in [0, 0.1) is 5.41 Å². The third-order valence-corrected chi connectivity index (χ3v) is 5.59. The zero-order valence-corrected chi connectivity index (χ0v) is 11.7. The summed E-state index contributed by atoms with van der Waals surface area (Å²) in [4.78, 5) is 0. The molecule has 0 aliphatic heterocycles. The number of hydrogen-bond acceptors (Lipinski definition) is 3. The smallest absolute Gasteiger partial charge is 0.279 e. The Morgan fingerprint density at radius 1 is 1.31 bits per heavy atom. The molecule has 0 aromatic rings. The van der Waals surface area contributed by atoms with Gasteiger partial charge in [0, 0.05) is 32.7 Å². The summed E-state index contributed by atoms with van der Waals surface area (Å²) in [5.41, 5.74) is -0.461. The van der Waals surface area contributed by atoms with Crippen molar-refractivity contribution in [3.05, 3.63) is 0 Å². The minimum atomic E-state index is -3.36. The van der Waals surface area contributed by atoms with Crippen LogP contribution in [0.4, 0.5) is 0 Å². The molecule has 0 heterocycles. The zero-order chi connectivity index (χ0) is 12.8. The van der Waals surface area contributed by atoms with E-state index in [1.54, 1.807) is 7.11 Å². The minimum Gasteiger partial charge on any atom is -0.378 e. The molecular formula is C10H22N2O3S.